The quantitative estimate of drug-likeness (QED) is 0.574. The molecule has 54 valence electrons. The van der Waals surface area contributed by atoms with Crippen molar-refractivity contribution in [2.24, 2.45) is 0 Å². The summed E-state index contributed by atoms with van der Waals surface area (Å²) >= 11 is 0. The predicted octanol–water partition coefficient (Wildman–Crippen LogP) is 1.39. The zero-order valence-electron chi connectivity index (χ0n) is 6.31. The molecule has 0 saturated carbocycles. The molecule has 0 radical (unpaired) electrons. The molecule has 0 atom stereocenters. The van der Waals surface area contributed by atoms with Crippen LogP contribution in [0.15, 0.2) is 0 Å². The molecule has 0 aliphatic carbocycles. The van der Waals surface area contributed by atoms with E-state index in [2.05, 4.69) is 0 Å². The summed E-state index contributed by atoms with van der Waals surface area (Å²) in [6.45, 7) is 6.05. The third-order valence-corrected chi connectivity index (χ3v) is 0.905. The fraction of sp³-hybridized carbons (Fsp3) is 0.857. The lowest BCUT2D eigenvalue weighted by Crippen LogP contribution is -2.06. The summed E-state index contributed by atoms with van der Waals surface area (Å²) in [4.78, 5) is 10.3. The highest BCUT2D eigenvalue weighted by Crippen LogP contribution is 1.90. The highest BCUT2D eigenvalue weighted by atomic mass is 16.5. The molecule has 0 saturated heterocycles. The van der Waals surface area contributed by atoms with Gasteiger partial charge in [0.15, 0.2) is 0 Å². The van der Waals surface area contributed by atoms with Gasteiger partial charge in [0, 0.05) is 6.42 Å². The molecule has 0 N–H and O–H groups in total. The number of Topliss-reactive ketones (excluding diaryl/α,β-unsaturated/α-hetero) is 1. The van der Waals surface area contributed by atoms with E-state index >= 15 is 0 Å². The van der Waals surface area contributed by atoms with Crippen LogP contribution in [0.3, 0.4) is 0 Å². The van der Waals surface area contributed by atoms with Crippen LogP contribution in [0, 0.1) is 0 Å². The van der Waals surface area contributed by atoms with E-state index in [0.29, 0.717) is 13.0 Å². The average molecular weight is 130 g/mol. The zero-order valence-corrected chi connectivity index (χ0v) is 6.31. The smallest absolute Gasteiger partial charge is 0.132 e. The van der Waals surface area contributed by atoms with E-state index in [1.807, 2.05) is 13.8 Å². The van der Waals surface area contributed by atoms with Crippen molar-refractivity contribution in [2.45, 2.75) is 33.3 Å². The second kappa shape index (κ2) is 4.50. The third kappa shape index (κ3) is 7.63. The van der Waals surface area contributed by atoms with Gasteiger partial charge in [0.05, 0.1) is 12.7 Å². The van der Waals surface area contributed by atoms with Crippen LogP contribution in [0.4, 0.5) is 0 Å². The number of rotatable bonds is 4. The fourth-order valence-corrected chi connectivity index (χ4v) is 0.438. The lowest BCUT2D eigenvalue weighted by atomic mass is 10.3. The maximum atomic E-state index is 10.3. The Morgan fingerprint density at radius 3 is 2.44 bits per heavy atom. The van der Waals surface area contributed by atoms with Crippen LogP contribution in [0.25, 0.3) is 0 Å². The number of carbonyl (C=O) groups excluding carboxylic acids is 1. The second-order valence-corrected chi connectivity index (χ2v) is 2.37. The molecule has 0 rings (SSSR count). The highest BCUT2D eigenvalue weighted by molar-refractivity contribution is 5.75. The molecule has 0 amide bonds. The Balaban J connectivity index is 3.01. The van der Waals surface area contributed by atoms with E-state index < -0.39 is 0 Å². The fourth-order valence-electron chi connectivity index (χ4n) is 0.438. The Hall–Kier alpha value is -0.370. The second-order valence-electron chi connectivity index (χ2n) is 2.37. The summed E-state index contributed by atoms with van der Waals surface area (Å²) in [5.41, 5.74) is 0. The predicted molar refractivity (Wildman–Crippen MR) is 36.4 cm³/mol. The minimum absolute atomic E-state index is 0.190. The molecule has 2 nitrogen and oxygen atoms in total. The molecule has 0 bridgehead atoms. The van der Waals surface area contributed by atoms with E-state index in [0.717, 1.165) is 0 Å². The molecule has 0 spiro atoms. The molecule has 0 fully saturated rings. The number of hydrogen-bond acceptors (Lipinski definition) is 2. The molecule has 0 unspecified atom stereocenters. The maximum Gasteiger partial charge on any atom is 0.132 e. The van der Waals surface area contributed by atoms with Crippen molar-refractivity contribution >= 4 is 5.78 Å². The number of ketones is 1. The summed E-state index contributed by atoms with van der Waals surface area (Å²) in [6, 6.07) is 0. The van der Waals surface area contributed by atoms with Crippen molar-refractivity contribution in [1.82, 2.24) is 0 Å². The first kappa shape index (κ1) is 8.63. The van der Waals surface area contributed by atoms with E-state index in [1.54, 1.807) is 6.92 Å². The van der Waals surface area contributed by atoms with Crippen molar-refractivity contribution in [3.63, 3.8) is 0 Å². The van der Waals surface area contributed by atoms with Gasteiger partial charge < -0.3 is 4.74 Å². The largest absolute Gasteiger partial charge is 0.378 e. The van der Waals surface area contributed by atoms with E-state index in [9.17, 15) is 4.79 Å². The highest BCUT2D eigenvalue weighted by Gasteiger charge is 1.94. The van der Waals surface area contributed by atoms with Crippen LogP contribution in [-0.2, 0) is 9.53 Å². The third-order valence-electron chi connectivity index (χ3n) is 0.905. The van der Waals surface area contributed by atoms with Gasteiger partial charge in [0.25, 0.3) is 0 Å². The normalized spacial score (nSPS) is 10.2. The first-order valence-corrected chi connectivity index (χ1v) is 3.24. The summed E-state index contributed by atoms with van der Waals surface area (Å²) in [7, 11) is 0. The van der Waals surface area contributed by atoms with Gasteiger partial charge in [-0.05, 0) is 20.8 Å². The van der Waals surface area contributed by atoms with Crippen molar-refractivity contribution in [2.75, 3.05) is 6.61 Å². The molecule has 0 aromatic rings. The van der Waals surface area contributed by atoms with Crippen molar-refractivity contribution in [3.05, 3.63) is 0 Å². The molecule has 2 heteroatoms. The molecule has 0 aromatic heterocycles. The van der Waals surface area contributed by atoms with Crippen molar-refractivity contribution in [3.8, 4) is 0 Å². The SMILES string of the molecule is CC(=O)CCOC(C)C. The summed E-state index contributed by atoms with van der Waals surface area (Å²) < 4.78 is 5.13. The number of ether oxygens (including phenoxy) is 1. The molecular weight excluding hydrogens is 116 g/mol. The van der Waals surface area contributed by atoms with Gasteiger partial charge >= 0.3 is 0 Å². The van der Waals surface area contributed by atoms with Gasteiger partial charge in [-0.25, -0.2) is 0 Å². The summed E-state index contributed by atoms with van der Waals surface area (Å²) in [6.07, 6.45) is 0.780. The van der Waals surface area contributed by atoms with Gasteiger partial charge in [0.2, 0.25) is 0 Å². The first-order valence-electron chi connectivity index (χ1n) is 3.24. The van der Waals surface area contributed by atoms with Gasteiger partial charge in [0.1, 0.15) is 5.78 Å². The average Bonchev–Trinajstić information content (AvgIpc) is 1.63. The molecule has 0 aliphatic heterocycles. The van der Waals surface area contributed by atoms with Crippen molar-refractivity contribution < 1.29 is 9.53 Å². The first-order chi connectivity index (χ1) is 4.13. The Bertz CT molecular complexity index is 86.9. The molecular formula is C7H14O2. The van der Waals surface area contributed by atoms with Crippen LogP contribution in [0.2, 0.25) is 0 Å². The van der Waals surface area contributed by atoms with E-state index in [1.165, 1.54) is 0 Å². The lowest BCUT2D eigenvalue weighted by Gasteiger charge is -2.04. The van der Waals surface area contributed by atoms with Crippen LogP contribution in [0.5, 0.6) is 0 Å². The maximum absolute atomic E-state index is 10.3. The summed E-state index contributed by atoms with van der Waals surface area (Å²) in [5.74, 6) is 0.190. The Morgan fingerprint density at radius 1 is 1.56 bits per heavy atom. The van der Waals surface area contributed by atoms with Gasteiger partial charge in [-0.1, -0.05) is 0 Å². The van der Waals surface area contributed by atoms with Crippen LogP contribution in [0.1, 0.15) is 27.2 Å². The standard InChI is InChI=1S/C7H14O2/c1-6(2)9-5-4-7(3)8/h6H,4-5H2,1-3H3. The van der Waals surface area contributed by atoms with Gasteiger partial charge in [-0.3, -0.25) is 4.79 Å². The van der Waals surface area contributed by atoms with Crippen LogP contribution in [-0.4, -0.2) is 18.5 Å². The Morgan fingerprint density at radius 2 is 2.11 bits per heavy atom. The molecule has 0 heterocycles. The summed E-state index contributed by atoms with van der Waals surface area (Å²) in [5, 5.41) is 0. The minimum Gasteiger partial charge on any atom is -0.378 e. The van der Waals surface area contributed by atoms with Crippen LogP contribution >= 0.6 is 0 Å². The minimum atomic E-state index is 0.190. The molecule has 0 aliphatic rings. The molecule has 0 aromatic carbocycles. The van der Waals surface area contributed by atoms with Crippen molar-refractivity contribution in [1.29, 1.82) is 0 Å². The number of carbonyl (C=O) groups is 1. The lowest BCUT2D eigenvalue weighted by molar-refractivity contribution is -0.118. The van der Waals surface area contributed by atoms with Crippen LogP contribution < -0.4 is 0 Å². The van der Waals surface area contributed by atoms with Gasteiger partial charge in [-0.2, -0.15) is 0 Å². The Kier molecular flexibility index (Phi) is 4.32. The van der Waals surface area contributed by atoms with Gasteiger partial charge in [-0.15, -0.1) is 0 Å². The Labute approximate surface area is 56.2 Å². The van der Waals surface area contributed by atoms with E-state index in [4.69, 9.17) is 4.74 Å². The monoisotopic (exact) mass is 130 g/mol. The number of hydrogen-bond donors (Lipinski definition) is 0. The molecule has 9 heavy (non-hydrogen) atoms. The van der Waals surface area contributed by atoms with E-state index in [-0.39, 0.29) is 11.9 Å². The topological polar surface area (TPSA) is 26.3 Å². The zero-order chi connectivity index (χ0) is 7.28.